The molecule has 0 bridgehead atoms. The van der Waals surface area contributed by atoms with Crippen molar-refractivity contribution >= 4 is 50.0 Å². The molecule has 0 saturated heterocycles. The van der Waals surface area contributed by atoms with Crippen molar-refractivity contribution in [3.05, 3.63) is 70.9 Å². The Morgan fingerprint density at radius 2 is 2.21 bits per heavy atom. The lowest BCUT2D eigenvalue weighted by molar-refractivity contribution is -0.114. The Morgan fingerprint density at radius 3 is 2.97 bits per heavy atom. The number of fused-ring (bicyclic) bond motifs is 1. The van der Waals surface area contributed by atoms with Crippen LogP contribution in [0.5, 0.6) is 0 Å². The third kappa shape index (κ3) is 4.63. The Balaban J connectivity index is 1.59. The van der Waals surface area contributed by atoms with Gasteiger partial charge in [0.25, 0.3) is 5.91 Å². The highest BCUT2D eigenvalue weighted by Crippen LogP contribution is 2.31. The SMILES string of the molecule is CCc1cccc2sc(N(CCCn3ccnc3)C(=O)C=Cc3cccs3)nc12. The maximum Gasteiger partial charge on any atom is 0.252 e. The number of benzene rings is 1. The molecule has 1 aromatic carbocycles. The number of amides is 1. The van der Waals surface area contributed by atoms with Gasteiger partial charge in [0.05, 0.1) is 16.5 Å². The van der Waals surface area contributed by atoms with Crippen LogP contribution < -0.4 is 4.90 Å². The summed E-state index contributed by atoms with van der Waals surface area (Å²) in [5, 5.41) is 2.76. The van der Waals surface area contributed by atoms with Crippen LogP contribution in [0.15, 0.2) is 60.5 Å². The van der Waals surface area contributed by atoms with E-state index in [1.807, 2.05) is 34.4 Å². The number of carbonyl (C=O) groups excluding carboxylic acids is 1. The van der Waals surface area contributed by atoms with Gasteiger partial charge in [0.2, 0.25) is 0 Å². The predicted molar refractivity (Wildman–Crippen MR) is 122 cm³/mol. The molecule has 0 spiro atoms. The van der Waals surface area contributed by atoms with Crippen LogP contribution in [0.4, 0.5) is 5.13 Å². The van der Waals surface area contributed by atoms with E-state index in [9.17, 15) is 4.79 Å². The summed E-state index contributed by atoms with van der Waals surface area (Å²) in [4.78, 5) is 24.8. The second-order valence-electron chi connectivity index (χ2n) is 6.61. The number of thiophene rings is 1. The van der Waals surface area contributed by atoms with Crippen LogP contribution in [0.3, 0.4) is 0 Å². The van der Waals surface area contributed by atoms with Crippen LogP contribution in [-0.2, 0) is 17.8 Å². The molecule has 4 rings (SSSR count). The molecule has 1 amide bonds. The Bertz CT molecular complexity index is 1100. The molecule has 3 aromatic heterocycles. The Labute approximate surface area is 178 Å². The summed E-state index contributed by atoms with van der Waals surface area (Å²) in [5.41, 5.74) is 2.22. The molecule has 148 valence electrons. The van der Waals surface area contributed by atoms with Gasteiger partial charge in [-0.3, -0.25) is 9.69 Å². The smallest absolute Gasteiger partial charge is 0.252 e. The largest absolute Gasteiger partial charge is 0.337 e. The fourth-order valence-electron chi connectivity index (χ4n) is 3.15. The van der Waals surface area contributed by atoms with Gasteiger partial charge in [-0.05, 0) is 42.0 Å². The number of nitrogens with zero attached hydrogens (tertiary/aromatic N) is 4. The molecule has 5 nitrogen and oxygen atoms in total. The number of aryl methyl sites for hydroxylation is 2. The number of imidazole rings is 1. The van der Waals surface area contributed by atoms with Gasteiger partial charge in [0.15, 0.2) is 5.13 Å². The highest BCUT2D eigenvalue weighted by molar-refractivity contribution is 7.22. The predicted octanol–water partition coefficient (Wildman–Crippen LogP) is 5.25. The maximum atomic E-state index is 13.1. The minimum absolute atomic E-state index is 0.0406. The molecular weight excluding hydrogens is 400 g/mol. The topological polar surface area (TPSA) is 51.0 Å². The van der Waals surface area contributed by atoms with Crippen LogP contribution in [0, 0.1) is 0 Å². The minimum atomic E-state index is -0.0406. The molecule has 29 heavy (non-hydrogen) atoms. The monoisotopic (exact) mass is 422 g/mol. The van der Waals surface area contributed by atoms with Crippen molar-refractivity contribution < 1.29 is 4.79 Å². The van der Waals surface area contributed by atoms with Crippen molar-refractivity contribution in [1.82, 2.24) is 14.5 Å². The minimum Gasteiger partial charge on any atom is -0.337 e. The molecule has 0 aliphatic carbocycles. The van der Waals surface area contributed by atoms with Gasteiger partial charge < -0.3 is 4.57 Å². The summed E-state index contributed by atoms with van der Waals surface area (Å²) in [5.74, 6) is -0.0406. The second-order valence-corrected chi connectivity index (χ2v) is 8.59. The van der Waals surface area contributed by atoms with Crippen LogP contribution >= 0.6 is 22.7 Å². The first-order valence-corrected chi connectivity index (χ1v) is 11.3. The molecule has 0 aliphatic rings. The van der Waals surface area contributed by atoms with E-state index in [0.717, 1.165) is 39.6 Å². The van der Waals surface area contributed by atoms with Crippen LogP contribution in [0.1, 0.15) is 23.8 Å². The summed E-state index contributed by atoms with van der Waals surface area (Å²) < 4.78 is 3.14. The fourth-order valence-corrected chi connectivity index (χ4v) is 4.82. The Morgan fingerprint density at radius 1 is 1.28 bits per heavy atom. The Kier molecular flexibility index (Phi) is 6.17. The van der Waals surface area contributed by atoms with Crippen molar-refractivity contribution in [3.8, 4) is 0 Å². The van der Waals surface area contributed by atoms with Gasteiger partial charge in [0.1, 0.15) is 0 Å². The van der Waals surface area contributed by atoms with Crippen molar-refractivity contribution in [2.75, 3.05) is 11.4 Å². The third-order valence-electron chi connectivity index (χ3n) is 4.66. The second kappa shape index (κ2) is 9.15. The molecule has 0 radical (unpaired) electrons. The number of hydrogen-bond donors (Lipinski definition) is 0. The van der Waals surface area contributed by atoms with Gasteiger partial charge in [-0.15, -0.1) is 11.3 Å². The van der Waals surface area contributed by atoms with Crippen LogP contribution in [-0.4, -0.2) is 27.0 Å². The first-order valence-electron chi connectivity index (χ1n) is 9.62. The third-order valence-corrected chi connectivity index (χ3v) is 6.54. The zero-order valence-electron chi connectivity index (χ0n) is 16.2. The van der Waals surface area contributed by atoms with Crippen molar-refractivity contribution in [2.45, 2.75) is 26.3 Å². The Hall–Kier alpha value is -2.77. The van der Waals surface area contributed by atoms with E-state index in [0.29, 0.717) is 6.54 Å². The molecule has 0 unspecified atom stereocenters. The highest BCUT2D eigenvalue weighted by atomic mass is 32.1. The molecule has 0 aliphatic heterocycles. The van der Waals surface area contributed by atoms with Crippen LogP contribution in [0.2, 0.25) is 0 Å². The molecule has 3 heterocycles. The summed E-state index contributed by atoms with van der Waals surface area (Å²) >= 11 is 3.19. The van der Waals surface area contributed by atoms with E-state index >= 15 is 0 Å². The van der Waals surface area contributed by atoms with E-state index in [4.69, 9.17) is 4.98 Å². The van der Waals surface area contributed by atoms with E-state index in [1.54, 1.807) is 46.2 Å². The zero-order chi connectivity index (χ0) is 20.1. The lowest BCUT2D eigenvalue weighted by atomic mass is 10.1. The molecule has 0 atom stereocenters. The standard InChI is InChI=1S/C22H22N4OS2/c1-2-17-6-3-8-19-21(17)24-22(29-19)26(13-5-12-25-14-11-23-16-25)20(27)10-9-18-7-4-15-28-18/h3-4,6-11,14-16H,2,5,12-13H2,1H3. The first kappa shape index (κ1) is 19.5. The van der Waals surface area contributed by atoms with Gasteiger partial charge in [-0.1, -0.05) is 36.5 Å². The quantitative estimate of drug-likeness (QED) is 0.364. The van der Waals surface area contributed by atoms with E-state index in [-0.39, 0.29) is 5.91 Å². The van der Waals surface area contributed by atoms with E-state index in [1.165, 1.54) is 5.56 Å². The molecule has 7 heteroatoms. The normalized spacial score (nSPS) is 11.5. The van der Waals surface area contributed by atoms with E-state index < -0.39 is 0 Å². The lowest BCUT2D eigenvalue weighted by Crippen LogP contribution is -2.30. The number of aromatic nitrogens is 3. The number of rotatable bonds is 8. The highest BCUT2D eigenvalue weighted by Gasteiger charge is 2.18. The van der Waals surface area contributed by atoms with Gasteiger partial charge in [-0.2, -0.15) is 0 Å². The van der Waals surface area contributed by atoms with Gasteiger partial charge in [-0.25, -0.2) is 9.97 Å². The molecule has 4 aromatic rings. The number of carbonyl (C=O) groups is 1. The summed E-state index contributed by atoms with van der Waals surface area (Å²) in [6.45, 7) is 3.54. The number of para-hydroxylation sites is 1. The fraction of sp³-hybridized carbons (Fsp3) is 0.227. The molecule has 0 saturated carbocycles. The average Bonchev–Trinajstić information content (AvgIpc) is 3.50. The summed E-state index contributed by atoms with van der Waals surface area (Å²) in [7, 11) is 0. The maximum absolute atomic E-state index is 13.1. The molecular formula is C22H22N4OS2. The van der Waals surface area contributed by atoms with Crippen molar-refractivity contribution in [2.24, 2.45) is 0 Å². The molecule has 0 N–H and O–H groups in total. The number of anilines is 1. The number of hydrogen-bond acceptors (Lipinski definition) is 5. The average molecular weight is 423 g/mol. The van der Waals surface area contributed by atoms with E-state index in [2.05, 4.69) is 30.1 Å². The lowest BCUT2D eigenvalue weighted by Gasteiger charge is -2.18. The van der Waals surface area contributed by atoms with Gasteiger partial charge in [0, 0.05) is 36.4 Å². The van der Waals surface area contributed by atoms with Crippen molar-refractivity contribution in [1.29, 1.82) is 0 Å². The molecule has 0 fully saturated rings. The zero-order valence-corrected chi connectivity index (χ0v) is 17.8. The first-order chi connectivity index (χ1) is 14.2. The number of thiazole rings is 1. The van der Waals surface area contributed by atoms with Crippen molar-refractivity contribution in [3.63, 3.8) is 0 Å². The summed E-state index contributed by atoms with van der Waals surface area (Å²) in [6, 6.07) is 10.2. The van der Waals surface area contributed by atoms with Gasteiger partial charge >= 0.3 is 0 Å². The van der Waals surface area contributed by atoms with Crippen LogP contribution in [0.25, 0.3) is 16.3 Å². The summed E-state index contributed by atoms with van der Waals surface area (Å²) in [6.07, 6.45) is 10.8.